The van der Waals surface area contributed by atoms with E-state index in [2.05, 4.69) is 21.8 Å². The van der Waals surface area contributed by atoms with Gasteiger partial charge in [-0.25, -0.2) is 4.98 Å². The molecule has 0 atom stereocenters. The van der Waals surface area contributed by atoms with Gasteiger partial charge in [-0.1, -0.05) is 12.8 Å². The van der Waals surface area contributed by atoms with Crippen LogP contribution < -0.4 is 5.32 Å². The maximum absolute atomic E-state index is 9.50. The highest BCUT2D eigenvalue weighted by atomic mass is 16.3. The number of rotatable bonds is 5. The summed E-state index contributed by atoms with van der Waals surface area (Å²) in [6, 6.07) is 0. The van der Waals surface area contributed by atoms with Gasteiger partial charge in [-0.15, -0.1) is 0 Å². The molecule has 0 aliphatic heterocycles. The predicted octanol–water partition coefficient (Wildman–Crippen LogP) is 1.87. The Morgan fingerprint density at radius 1 is 1.50 bits per heavy atom. The molecule has 1 aromatic heterocycles. The van der Waals surface area contributed by atoms with Crippen molar-refractivity contribution in [2.45, 2.75) is 39.2 Å². The summed E-state index contributed by atoms with van der Waals surface area (Å²) < 4.78 is 2.08. The molecule has 0 spiro atoms. The van der Waals surface area contributed by atoms with Crippen molar-refractivity contribution in [2.75, 3.05) is 18.5 Å². The van der Waals surface area contributed by atoms with Crippen LogP contribution in [0.15, 0.2) is 12.4 Å². The molecular formula is C12H21N3O. The van der Waals surface area contributed by atoms with E-state index >= 15 is 0 Å². The fourth-order valence-electron chi connectivity index (χ4n) is 2.51. The summed E-state index contributed by atoms with van der Waals surface area (Å²) >= 11 is 0. The molecule has 16 heavy (non-hydrogen) atoms. The Morgan fingerprint density at radius 2 is 2.25 bits per heavy atom. The number of nitrogens with zero attached hydrogens (tertiary/aromatic N) is 2. The van der Waals surface area contributed by atoms with E-state index < -0.39 is 0 Å². The lowest BCUT2D eigenvalue weighted by Crippen LogP contribution is -2.31. The van der Waals surface area contributed by atoms with E-state index in [0.29, 0.717) is 0 Å². The lowest BCUT2D eigenvalue weighted by molar-refractivity contribution is 0.142. The van der Waals surface area contributed by atoms with Crippen molar-refractivity contribution in [1.29, 1.82) is 0 Å². The number of hydrogen-bond donors (Lipinski definition) is 2. The fraction of sp³-hybridized carbons (Fsp3) is 0.750. The first kappa shape index (κ1) is 11.5. The highest BCUT2D eigenvalue weighted by Crippen LogP contribution is 2.37. The van der Waals surface area contributed by atoms with Crippen LogP contribution in [0.3, 0.4) is 0 Å². The predicted molar refractivity (Wildman–Crippen MR) is 64.4 cm³/mol. The Bertz CT molecular complexity index is 329. The van der Waals surface area contributed by atoms with Gasteiger partial charge in [-0.3, -0.25) is 0 Å². The van der Waals surface area contributed by atoms with E-state index in [-0.39, 0.29) is 12.0 Å². The van der Waals surface area contributed by atoms with Gasteiger partial charge in [0.15, 0.2) is 0 Å². The summed E-state index contributed by atoms with van der Waals surface area (Å²) in [7, 11) is 0. The molecule has 1 aliphatic rings. The molecule has 2 rings (SSSR count). The summed E-state index contributed by atoms with van der Waals surface area (Å²) in [5, 5.41) is 12.9. The van der Waals surface area contributed by atoms with Crippen molar-refractivity contribution >= 4 is 5.95 Å². The van der Waals surface area contributed by atoms with E-state index in [1.54, 1.807) is 0 Å². The lowest BCUT2D eigenvalue weighted by Gasteiger charge is -2.26. The van der Waals surface area contributed by atoms with Gasteiger partial charge < -0.3 is 15.0 Å². The van der Waals surface area contributed by atoms with Crippen LogP contribution in [0.1, 0.15) is 32.6 Å². The van der Waals surface area contributed by atoms with E-state index in [0.717, 1.165) is 31.9 Å². The van der Waals surface area contributed by atoms with E-state index in [9.17, 15) is 5.11 Å². The fourth-order valence-corrected chi connectivity index (χ4v) is 2.51. The summed E-state index contributed by atoms with van der Waals surface area (Å²) in [4.78, 5) is 4.28. The standard InChI is InChI=1S/C12H21N3O/c1-2-15-8-7-13-11(15)14-9-12(10-16)5-3-4-6-12/h7-8,16H,2-6,9-10H2,1H3,(H,13,14). The first-order valence-corrected chi connectivity index (χ1v) is 6.15. The number of aromatic nitrogens is 2. The minimum atomic E-state index is 0.0878. The number of aliphatic hydroxyl groups is 1. The van der Waals surface area contributed by atoms with Gasteiger partial charge in [-0.2, -0.15) is 0 Å². The third-order valence-electron chi connectivity index (χ3n) is 3.68. The molecule has 4 heteroatoms. The Hall–Kier alpha value is -1.03. The topological polar surface area (TPSA) is 50.1 Å². The molecule has 1 heterocycles. The summed E-state index contributed by atoms with van der Waals surface area (Å²) in [6.45, 7) is 4.14. The largest absolute Gasteiger partial charge is 0.396 e. The lowest BCUT2D eigenvalue weighted by atomic mass is 9.87. The van der Waals surface area contributed by atoms with Crippen LogP contribution in [0.4, 0.5) is 5.95 Å². The second-order valence-corrected chi connectivity index (χ2v) is 4.76. The van der Waals surface area contributed by atoms with Crippen LogP contribution in [0, 0.1) is 5.41 Å². The van der Waals surface area contributed by atoms with Gasteiger partial charge >= 0.3 is 0 Å². The van der Waals surface area contributed by atoms with Gasteiger partial charge in [0.2, 0.25) is 5.95 Å². The van der Waals surface area contributed by atoms with Crippen molar-refractivity contribution in [1.82, 2.24) is 9.55 Å². The average molecular weight is 223 g/mol. The molecule has 0 aromatic carbocycles. The SMILES string of the molecule is CCn1ccnc1NCC1(CO)CCCC1. The number of hydrogen-bond acceptors (Lipinski definition) is 3. The molecule has 90 valence electrons. The van der Waals surface area contributed by atoms with E-state index in [1.165, 1.54) is 12.8 Å². The zero-order chi connectivity index (χ0) is 11.4. The minimum absolute atomic E-state index is 0.0878. The van der Waals surface area contributed by atoms with Crippen LogP contribution in [0.5, 0.6) is 0 Å². The highest BCUT2D eigenvalue weighted by molar-refractivity contribution is 5.26. The number of aliphatic hydroxyl groups excluding tert-OH is 1. The third-order valence-corrected chi connectivity index (χ3v) is 3.68. The zero-order valence-corrected chi connectivity index (χ0v) is 9.95. The second-order valence-electron chi connectivity index (χ2n) is 4.76. The van der Waals surface area contributed by atoms with Crippen LogP contribution in [-0.4, -0.2) is 27.8 Å². The Labute approximate surface area is 96.7 Å². The van der Waals surface area contributed by atoms with Crippen molar-refractivity contribution < 1.29 is 5.11 Å². The Balaban J connectivity index is 1.95. The van der Waals surface area contributed by atoms with Gasteiger partial charge in [0.25, 0.3) is 0 Å². The van der Waals surface area contributed by atoms with Gasteiger partial charge in [0.05, 0.1) is 6.61 Å². The first-order valence-electron chi connectivity index (χ1n) is 6.15. The van der Waals surface area contributed by atoms with Gasteiger partial charge in [0, 0.05) is 30.9 Å². The number of imidazole rings is 1. The van der Waals surface area contributed by atoms with Crippen molar-refractivity contribution in [3.05, 3.63) is 12.4 Å². The maximum Gasteiger partial charge on any atom is 0.202 e. The molecule has 1 saturated carbocycles. The summed E-state index contributed by atoms with van der Waals surface area (Å²) in [5.74, 6) is 0.919. The Kier molecular flexibility index (Phi) is 3.49. The molecule has 0 radical (unpaired) electrons. The normalized spacial score (nSPS) is 18.9. The molecule has 0 bridgehead atoms. The molecule has 4 nitrogen and oxygen atoms in total. The average Bonchev–Trinajstić information content (AvgIpc) is 2.96. The first-order chi connectivity index (χ1) is 7.79. The molecule has 1 aromatic rings. The van der Waals surface area contributed by atoms with Crippen LogP contribution >= 0.6 is 0 Å². The van der Waals surface area contributed by atoms with Crippen LogP contribution in [0.25, 0.3) is 0 Å². The van der Waals surface area contributed by atoms with E-state index in [4.69, 9.17) is 0 Å². The molecule has 0 amide bonds. The number of anilines is 1. The second kappa shape index (κ2) is 4.87. The summed E-state index contributed by atoms with van der Waals surface area (Å²) in [5.41, 5.74) is 0.0878. The molecule has 1 aliphatic carbocycles. The smallest absolute Gasteiger partial charge is 0.202 e. The Morgan fingerprint density at radius 3 is 2.88 bits per heavy atom. The van der Waals surface area contributed by atoms with E-state index in [1.807, 2.05) is 12.4 Å². The molecule has 0 saturated heterocycles. The van der Waals surface area contributed by atoms with Crippen LogP contribution in [-0.2, 0) is 6.54 Å². The van der Waals surface area contributed by atoms with Crippen LogP contribution in [0.2, 0.25) is 0 Å². The number of aryl methyl sites for hydroxylation is 1. The van der Waals surface area contributed by atoms with Crippen molar-refractivity contribution in [3.8, 4) is 0 Å². The maximum atomic E-state index is 9.50. The van der Waals surface area contributed by atoms with Crippen molar-refractivity contribution in [3.63, 3.8) is 0 Å². The minimum Gasteiger partial charge on any atom is -0.396 e. The molecular weight excluding hydrogens is 202 g/mol. The monoisotopic (exact) mass is 223 g/mol. The van der Waals surface area contributed by atoms with Gasteiger partial charge in [0.1, 0.15) is 0 Å². The number of nitrogens with one attached hydrogen (secondary N) is 1. The molecule has 0 unspecified atom stereocenters. The molecule has 1 fully saturated rings. The molecule has 2 N–H and O–H groups in total. The van der Waals surface area contributed by atoms with Crippen molar-refractivity contribution in [2.24, 2.45) is 5.41 Å². The van der Waals surface area contributed by atoms with Gasteiger partial charge in [-0.05, 0) is 19.8 Å². The summed E-state index contributed by atoms with van der Waals surface area (Å²) in [6.07, 6.45) is 8.52. The zero-order valence-electron chi connectivity index (χ0n) is 9.95. The quantitative estimate of drug-likeness (QED) is 0.801. The third kappa shape index (κ3) is 2.21. The highest BCUT2D eigenvalue weighted by Gasteiger charge is 2.33.